The highest BCUT2D eigenvalue weighted by molar-refractivity contribution is 5.87. The Morgan fingerprint density at radius 2 is 2.10 bits per heavy atom. The van der Waals surface area contributed by atoms with E-state index in [-0.39, 0.29) is 18.9 Å². The quantitative estimate of drug-likeness (QED) is 0.846. The summed E-state index contributed by atoms with van der Waals surface area (Å²) < 4.78 is 5.37. The molecule has 1 saturated heterocycles. The Kier molecular flexibility index (Phi) is 4.59. The van der Waals surface area contributed by atoms with Crippen LogP contribution in [0.25, 0.3) is 0 Å². The fraction of sp³-hybridized carbons (Fsp3) is 0.467. The van der Waals surface area contributed by atoms with E-state index < -0.39 is 17.6 Å². The van der Waals surface area contributed by atoms with Gasteiger partial charge in [-0.1, -0.05) is 30.3 Å². The van der Waals surface area contributed by atoms with Gasteiger partial charge in [-0.3, -0.25) is 9.59 Å². The number of carboxylic acids is 1. The highest BCUT2D eigenvalue weighted by Gasteiger charge is 2.37. The third-order valence-corrected chi connectivity index (χ3v) is 3.65. The molecule has 1 heterocycles. The summed E-state index contributed by atoms with van der Waals surface area (Å²) in [6, 6.07) is 9.16. The number of carbonyl (C=O) groups excluding carboxylic acids is 1. The fourth-order valence-electron chi connectivity index (χ4n) is 2.46. The van der Waals surface area contributed by atoms with Gasteiger partial charge in [0.25, 0.3) is 0 Å². The van der Waals surface area contributed by atoms with Crippen molar-refractivity contribution < 1.29 is 19.4 Å². The maximum atomic E-state index is 12.6. The van der Waals surface area contributed by atoms with Crippen molar-refractivity contribution in [2.45, 2.75) is 25.0 Å². The second kappa shape index (κ2) is 6.24. The summed E-state index contributed by atoms with van der Waals surface area (Å²) in [6.45, 7) is 2.68. The molecule has 1 amide bonds. The second-order valence-electron chi connectivity index (χ2n) is 5.41. The predicted molar refractivity (Wildman–Crippen MR) is 76.6 cm³/mol. The molecule has 21 heavy (non-hydrogen) atoms. The van der Waals surface area contributed by atoms with E-state index in [2.05, 4.69) is 0 Å². The standard InChI is InChI=1S/C15H20N2O4/c1-15(16,11-5-3-2-4-6-11)14(20)17-7-8-21-12(10-17)9-13(18)19/h2-6,12H,7-10,16H2,1H3,(H,18,19). The topological polar surface area (TPSA) is 92.9 Å². The average molecular weight is 292 g/mol. The number of carbonyl (C=O) groups is 2. The van der Waals surface area contributed by atoms with Gasteiger partial charge in [0.2, 0.25) is 5.91 Å². The number of hydrogen-bond donors (Lipinski definition) is 2. The van der Waals surface area contributed by atoms with Gasteiger partial charge in [-0.15, -0.1) is 0 Å². The van der Waals surface area contributed by atoms with Crippen LogP contribution in [0.2, 0.25) is 0 Å². The van der Waals surface area contributed by atoms with Crippen molar-refractivity contribution in [3.05, 3.63) is 35.9 Å². The van der Waals surface area contributed by atoms with Gasteiger partial charge in [-0.2, -0.15) is 0 Å². The minimum Gasteiger partial charge on any atom is -0.481 e. The Labute approximate surface area is 123 Å². The van der Waals surface area contributed by atoms with Crippen molar-refractivity contribution in [3.8, 4) is 0 Å². The average Bonchev–Trinajstić information content (AvgIpc) is 2.47. The van der Waals surface area contributed by atoms with E-state index in [1.165, 1.54) is 0 Å². The van der Waals surface area contributed by atoms with Crippen molar-refractivity contribution in [1.82, 2.24) is 4.90 Å². The molecule has 1 aromatic rings. The number of aliphatic carboxylic acids is 1. The lowest BCUT2D eigenvalue weighted by atomic mass is 9.91. The van der Waals surface area contributed by atoms with Crippen molar-refractivity contribution in [2.75, 3.05) is 19.7 Å². The van der Waals surface area contributed by atoms with Gasteiger partial charge >= 0.3 is 5.97 Å². The lowest BCUT2D eigenvalue weighted by Gasteiger charge is -2.37. The minimum atomic E-state index is -1.13. The summed E-state index contributed by atoms with van der Waals surface area (Å²) in [5.41, 5.74) is 5.81. The normalized spacial score (nSPS) is 21.6. The van der Waals surface area contributed by atoms with Crippen LogP contribution in [0, 0.1) is 0 Å². The molecule has 0 radical (unpaired) electrons. The Hall–Kier alpha value is -1.92. The number of benzene rings is 1. The van der Waals surface area contributed by atoms with Gasteiger partial charge in [0.05, 0.1) is 19.1 Å². The third kappa shape index (κ3) is 3.59. The molecule has 2 rings (SSSR count). The van der Waals surface area contributed by atoms with Crippen molar-refractivity contribution in [1.29, 1.82) is 0 Å². The zero-order valence-electron chi connectivity index (χ0n) is 12.0. The molecule has 1 aliphatic heterocycles. The lowest BCUT2D eigenvalue weighted by molar-refractivity contribution is -0.150. The highest BCUT2D eigenvalue weighted by atomic mass is 16.5. The van der Waals surface area contributed by atoms with Crippen LogP contribution in [-0.2, 0) is 19.9 Å². The monoisotopic (exact) mass is 292 g/mol. The molecule has 114 valence electrons. The number of nitrogens with zero attached hydrogens (tertiary/aromatic N) is 1. The minimum absolute atomic E-state index is 0.115. The van der Waals surface area contributed by atoms with Crippen LogP contribution in [-0.4, -0.2) is 47.7 Å². The summed E-state index contributed by atoms with van der Waals surface area (Å²) in [4.78, 5) is 25.0. The predicted octanol–water partition coefficient (Wildman–Crippen LogP) is 0.563. The maximum Gasteiger partial charge on any atom is 0.306 e. The van der Waals surface area contributed by atoms with Crippen LogP contribution in [0.5, 0.6) is 0 Å². The van der Waals surface area contributed by atoms with Crippen LogP contribution >= 0.6 is 0 Å². The van der Waals surface area contributed by atoms with E-state index >= 15 is 0 Å². The van der Waals surface area contributed by atoms with Crippen molar-refractivity contribution in [3.63, 3.8) is 0 Å². The van der Waals surface area contributed by atoms with E-state index in [1.807, 2.05) is 30.3 Å². The number of hydrogen-bond acceptors (Lipinski definition) is 4. The van der Waals surface area contributed by atoms with Crippen LogP contribution in [0.3, 0.4) is 0 Å². The molecular formula is C15H20N2O4. The summed E-state index contributed by atoms with van der Waals surface area (Å²) in [7, 11) is 0. The van der Waals surface area contributed by atoms with Gasteiger partial charge < -0.3 is 20.5 Å². The molecule has 3 N–H and O–H groups in total. The third-order valence-electron chi connectivity index (χ3n) is 3.65. The maximum absolute atomic E-state index is 12.6. The molecular weight excluding hydrogens is 272 g/mol. The van der Waals surface area contributed by atoms with Crippen LogP contribution in [0.15, 0.2) is 30.3 Å². The molecule has 0 aromatic heterocycles. The fourth-order valence-corrected chi connectivity index (χ4v) is 2.46. The molecule has 0 spiro atoms. The number of rotatable bonds is 4. The molecule has 0 bridgehead atoms. The smallest absolute Gasteiger partial charge is 0.306 e. The Morgan fingerprint density at radius 3 is 2.71 bits per heavy atom. The Bertz CT molecular complexity index is 516. The second-order valence-corrected chi connectivity index (χ2v) is 5.41. The summed E-state index contributed by atoms with van der Waals surface area (Å²) in [5.74, 6) is -1.15. The molecule has 0 saturated carbocycles. The summed E-state index contributed by atoms with van der Waals surface area (Å²) >= 11 is 0. The zero-order valence-corrected chi connectivity index (χ0v) is 12.0. The van der Waals surface area contributed by atoms with Crippen molar-refractivity contribution in [2.24, 2.45) is 5.73 Å². The number of morpholine rings is 1. The largest absolute Gasteiger partial charge is 0.481 e. The molecule has 1 aliphatic rings. The zero-order chi connectivity index (χ0) is 15.5. The summed E-state index contributed by atoms with van der Waals surface area (Å²) in [6.07, 6.45) is -0.595. The van der Waals surface area contributed by atoms with E-state index in [1.54, 1.807) is 11.8 Å². The highest BCUT2D eigenvalue weighted by Crippen LogP contribution is 2.22. The number of amides is 1. The SMILES string of the molecule is CC(N)(C(=O)N1CCOC(CC(=O)O)C1)c1ccccc1. The summed E-state index contributed by atoms with van der Waals surface area (Å²) in [5, 5.41) is 8.82. The molecule has 1 fully saturated rings. The van der Waals surface area contributed by atoms with E-state index in [0.717, 1.165) is 5.56 Å². The van der Waals surface area contributed by atoms with E-state index in [9.17, 15) is 9.59 Å². The number of nitrogens with two attached hydrogens (primary N) is 1. The first-order valence-corrected chi connectivity index (χ1v) is 6.88. The molecule has 1 aromatic carbocycles. The molecule has 6 heteroatoms. The lowest BCUT2D eigenvalue weighted by Crippen LogP contribution is -2.55. The molecule has 2 atom stereocenters. The van der Waals surface area contributed by atoms with Gasteiger partial charge in [-0.05, 0) is 12.5 Å². The molecule has 0 aliphatic carbocycles. The first kappa shape index (κ1) is 15.5. The van der Waals surface area contributed by atoms with Gasteiger partial charge in [0.15, 0.2) is 0 Å². The van der Waals surface area contributed by atoms with Gasteiger partial charge in [-0.25, -0.2) is 0 Å². The number of ether oxygens (including phenoxy) is 1. The van der Waals surface area contributed by atoms with E-state index in [0.29, 0.717) is 13.2 Å². The Balaban J connectivity index is 2.10. The first-order chi connectivity index (χ1) is 9.91. The van der Waals surface area contributed by atoms with E-state index in [4.69, 9.17) is 15.6 Å². The number of carboxylic acid groups (broad SMARTS) is 1. The molecule has 6 nitrogen and oxygen atoms in total. The van der Waals surface area contributed by atoms with Crippen LogP contribution in [0.1, 0.15) is 18.9 Å². The van der Waals surface area contributed by atoms with Gasteiger partial charge in [0.1, 0.15) is 5.54 Å². The first-order valence-electron chi connectivity index (χ1n) is 6.88. The van der Waals surface area contributed by atoms with Crippen molar-refractivity contribution >= 4 is 11.9 Å². The Morgan fingerprint density at radius 1 is 1.43 bits per heavy atom. The van der Waals surface area contributed by atoms with Crippen LogP contribution in [0.4, 0.5) is 0 Å². The van der Waals surface area contributed by atoms with Gasteiger partial charge in [0, 0.05) is 13.1 Å². The molecule has 2 unspecified atom stereocenters. The van der Waals surface area contributed by atoms with Crippen LogP contribution < -0.4 is 5.73 Å².